The first kappa shape index (κ1) is 74.2. The molecule has 4 aromatic heterocycles. The van der Waals surface area contributed by atoms with Crippen LogP contribution in [-0.2, 0) is 9.59 Å². The molecule has 0 aliphatic heterocycles. The van der Waals surface area contributed by atoms with E-state index in [1.807, 2.05) is 74.5 Å². The molecule has 0 saturated heterocycles. The molecule has 2 amide bonds. The zero-order chi connectivity index (χ0) is 69.6. The number of azo groups is 4. The molecule has 0 aliphatic rings. The molecule has 0 unspecified atom stereocenters. The van der Waals surface area contributed by atoms with Crippen LogP contribution in [0.25, 0.3) is 21.1 Å². The van der Waals surface area contributed by atoms with Gasteiger partial charge in [0.15, 0.2) is 31.8 Å². The zero-order valence-corrected chi connectivity index (χ0v) is 58.6. The first-order chi connectivity index (χ1) is 46.1. The van der Waals surface area contributed by atoms with E-state index in [2.05, 4.69) is 91.8 Å². The third kappa shape index (κ3) is 20.4. The van der Waals surface area contributed by atoms with E-state index >= 15 is 0 Å². The minimum atomic E-state index is -0.279. The fraction of sp³-hybridized carbons (Fsp3) is 0.167. The lowest BCUT2D eigenvalue weighted by Crippen LogP contribution is -2.09. The summed E-state index contributed by atoms with van der Waals surface area (Å²) in [6.07, 6.45) is 0.526. The predicted molar refractivity (Wildman–Crippen MR) is 379 cm³/mol. The van der Waals surface area contributed by atoms with E-state index in [9.17, 15) is 30.0 Å². The molecule has 10 rings (SSSR count). The maximum absolute atomic E-state index is 11.7. The molecule has 0 atom stereocenters. The van der Waals surface area contributed by atoms with Crippen molar-refractivity contribution < 1.29 is 30.0 Å². The Hall–Kier alpha value is -9.18. The molecule has 0 radical (unpaired) electrons. The number of amides is 2. The summed E-state index contributed by atoms with van der Waals surface area (Å²) in [4.78, 5) is 30.1. The Bertz CT molecular complexity index is 4640. The van der Waals surface area contributed by atoms with Crippen molar-refractivity contribution in [1.29, 1.82) is 0 Å². The Morgan fingerprint density at radius 1 is 0.500 bits per heavy atom. The van der Waals surface area contributed by atoms with Crippen LogP contribution in [0.15, 0.2) is 159 Å². The molecule has 0 saturated carbocycles. The fourth-order valence-electron chi connectivity index (χ4n) is 7.36. The zero-order valence-electron chi connectivity index (χ0n) is 50.8. The number of rotatable bonds is 18. The molecule has 96 heavy (non-hydrogen) atoms. The van der Waals surface area contributed by atoms with Gasteiger partial charge in [0.05, 0.1) is 88.8 Å². The number of aryl methyl sites for hydroxylation is 2. The smallest absolute Gasteiger partial charge is 0.255 e. The Labute approximate surface area is 594 Å². The van der Waals surface area contributed by atoms with Crippen molar-refractivity contribution in [2.45, 2.75) is 63.1 Å². The van der Waals surface area contributed by atoms with Gasteiger partial charge in [0, 0.05) is 25.0 Å². The first-order valence-corrected chi connectivity index (χ1v) is 33.6. The summed E-state index contributed by atoms with van der Waals surface area (Å²) in [5.74, 6) is 1.18. The average Bonchev–Trinajstić information content (AvgIpc) is 1.64. The monoisotopic (exact) mass is 1480 g/mol. The van der Waals surface area contributed by atoms with Crippen molar-refractivity contribution in [2.75, 3.05) is 22.1 Å². The topological polar surface area (TPSA) is 334 Å². The second kappa shape index (κ2) is 36.1. The van der Waals surface area contributed by atoms with Gasteiger partial charge in [0.25, 0.3) is 21.6 Å². The first-order valence-electron chi connectivity index (χ1n) is 27.7. The minimum Gasteiger partial charge on any atom is -0.506 e. The number of benzene rings is 6. The third-order valence-corrected chi connectivity index (χ3v) is 17.3. The fourth-order valence-corrected chi connectivity index (χ4v) is 11.6. The van der Waals surface area contributed by atoms with Crippen LogP contribution in [0.4, 0.5) is 67.4 Å². The molecule has 4 heterocycles. The van der Waals surface area contributed by atoms with Crippen LogP contribution in [0.1, 0.15) is 51.9 Å². The van der Waals surface area contributed by atoms with Crippen molar-refractivity contribution in [1.82, 2.24) is 40.0 Å². The van der Waals surface area contributed by atoms with E-state index in [1.165, 1.54) is 75.9 Å². The molecule has 26 nitrogen and oxygen atoms in total. The van der Waals surface area contributed by atoms with Crippen LogP contribution in [-0.4, -0.2) is 83.7 Å². The van der Waals surface area contributed by atoms with Crippen LogP contribution >= 0.6 is 116 Å². The van der Waals surface area contributed by atoms with Crippen molar-refractivity contribution in [3.63, 3.8) is 0 Å². The van der Waals surface area contributed by atoms with Crippen molar-refractivity contribution in [3.8, 4) is 34.4 Å². The predicted octanol–water partition coefficient (Wildman–Crippen LogP) is 21.9. The van der Waals surface area contributed by atoms with Crippen molar-refractivity contribution in [2.24, 2.45) is 40.9 Å². The third-order valence-electron chi connectivity index (χ3n) is 11.9. The van der Waals surface area contributed by atoms with Gasteiger partial charge >= 0.3 is 0 Å². The second-order valence-corrected chi connectivity index (χ2v) is 25.9. The molecule has 36 heteroatoms. The largest absolute Gasteiger partial charge is 0.506 e. The summed E-state index contributed by atoms with van der Waals surface area (Å²) in [7, 11) is 0. The van der Waals surface area contributed by atoms with Crippen molar-refractivity contribution >= 4 is 195 Å². The van der Waals surface area contributed by atoms with Crippen LogP contribution in [0.5, 0.6) is 23.0 Å². The number of nitrogens with zero attached hydrogens (tertiary/aromatic N) is 18. The lowest BCUT2D eigenvalue weighted by molar-refractivity contribution is -0.116. The highest BCUT2D eigenvalue weighted by molar-refractivity contribution is 8.01. The highest BCUT2D eigenvalue weighted by Crippen LogP contribution is 2.43. The van der Waals surface area contributed by atoms with E-state index in [4.69, 9.17) is 82.7 Å². The summed E-state index contributed by atoms with van der Waals surface area (Å²) in [5.41, 5.74) is 4.80. The average molecular weight is 1490 g/mol. The molecule has 6 N–H and O–H groups in total. The Morgan fingerprint density at radius 2 is 0.875 bits per heavy atom. The summed E-state index contributed by atoms with van der Waals surface area (Å²) in [6, 6.07) is 29.8. The van der Waals surface area contributed by atoms with Gasteiger partial charge in [-0.1, -0.05) is 180 Å². The molecule has 6 aromatic carbocycles. The highest BCUT2D eigenvalue weighted by Gasteiger charge is 2.20. The molecular weight excluding hydrogens is 1440 g/mol. The number of carbonyl (C=O) groups is 2. The molecule has 492 valence electrons. The van der Waals surface area contributed by atoms with Gasteiger partial charge in [-0.15, -0.1) is 56.2 Å². The van der Waals surface area contributed by atoms with Crippen molar-refractivity contribution in [3.05, 3.63) is 174 Å². The summed E-state index contributed by atoms with van der Waals surface area (Å²) >= 11 is 41.4. The molecule has 10 aromatic rings. The Morgan fingerprint density at radius 3 is 1.26 bits per heavy atom. The molecular formula is C60H50Cl6N20O6S4. The standard InChI is InChI=1S/C20H17ClN6O2.C17H11Cl2N5O.C13H14ClN5O2S2.C10H8Cl2N4OS2/c1-4-17(28)23-16-11-13(10-15(21)19(16)29)24-25-20-18(22-3)12(2)26-27(20)14-8-6-5-7-9-14;1-10-16(20-2)17(24(23-10)11-6-4-3-5-7-11)22-21-14-8-13(19)15(25)9-12(14)18;1-3-10(20)15-9-6-7(5-8(14)11(9)21)16-17-12-18-19-13(23-12)22-4-2;1-2-18-10-16-15-9(19-10)14-13-7-3-6(12)8(17)4-5(7)11/h5-11,29H,4H2,1-2H3,(H,23,28);3-9,25H,1H3;5-6,21H,3-4H2,1-2H3,(H,15,20);3-4,17H,2H2,1H3. The maximum atomic E-state index is 11.7. The normalized spacial score (nSPS) is 11.0. The lowest BCUT2D eigenvalue weighted by atomic mass is 10.2. The molecule has 0 fully saturated rings. The molecule has 0 bridgehead atoms. The number of hydrogen-bond donors (Lipinski definition) is 6. The van der Waals surface area contributed by atoms with Gasteiger partial charge in [-0.25, -0.2) is 19.1 Å². The van der Waals surface area contributed by atoms with Crippen LogP contribution < -0.4 is 10.6 Å². The van der Waals surface area contributed by atoms with Gasteiger partial charge in [0.2, 0.25) is 11.8 Å². The number of thioether (sulfide) groups is 2. The number of anilines is 2. The number of phenolic OH excluding ortho intramolecular Hbond substituents is 4. The van der Waals surface area contributed by atoms with Crippen LogP contribution in [0.3, 0.4) is 0 Å². The second-order valence-electron chi connectivity index (χ2n) is 18.6. The Balaban J connectivity index is 0.000000183. The van der Waals surface area contributed by atoms with Gasteiger partial charge < -0.3 is 31.1 Å². The summed E-state index contributed by atoms with van der Waals surface area (Å²) < 4.78 is 4.74. The van der Waals surface area contributed by atoms with E-state index in [0.717, 1.165) is 31.6 Å². The Kier molecular flexibility index (Phi) is 27.9. The quantitative estimate of drug-likeness (QED) is 0.0201. The molecule has 0 spiro atoms. The van der Waals surface area contributed by atoms with Gasteiger partial charge in [-0.05, 0) is 86.0 Å². The molecule has 0 aliphatic carbocycles. The highest BCUT2D eigenvalue weighted by atomic mass is 35.5. The number of aromatic hydroxyl groups is 4. The van der Waals surface area contributed by atoms with Gasteiger partial charge in [0.1, 0.15) is 22.9 Å². The number of carbonyl (C=O) groups excluding carboxylic acids is 2. The van der Waals surface area contributed by atoms with Crippen LogP contribution in [0, 0.1) is 27.0 Å². The van der Waals surface area contributed by atoms with Gasteiger partial charge in [-0.2, -0.15) is 15.3 Å². The lowest BCUT2D eigenvalue weighted by Gasteiger charge is -2.08. The number of aromatic nitrogens is 8. The summed E-state index contributed by atoms with van der Waals surface area (Å²) in [5, 5.41) is 103. The maximum Gasteiger partial charge on any atom is 0.255 e. The number of nitrogens with one attached hydrogen (secondary N) is 2. The van der Waals surface area contributed by atoms with E-state index in [1.54, 1.807) is 55.9 Å². The van der Waals surface area contributed by atoms with E-state index < -0.39 is 0 Å². The minimum absolute atomic E-state index is 0.0194. The number of halogens is 6. The SMILES string of the molecule is CCSc1nnc(N=Nc2cc(Cl)c(O)c(NC(=O)CC)c2)s1.CCSc1nnc(N=Nc2cc(Cl)c(O)cc2Cl)s1.[C-]#[N+]c1c(C)nn(-c2ccccc2)c1N=Nc1cc(Cl)c(O)c(NC(=O)CC)c1.[C-]#[N+]c1c(C)nn(-c2ccccc2)c1N=Nc1cc(Cl)c(O)cc1Cl. The van der Waals surface area contributed by atoms with Crippen LogP contribution in [0.2, 0.25) is 30.1 Å². The van der Waals surface area contributed by atoms with Gasteiger partial charge in [-0.3, -0.25) is 9.59 Å². The van der Waals surface area contributed by atoms with E-state index in [0.29, 0.717) is 50.2 Å². The number of phenols is 4. The summed E-state index contributed by atoms with van der Waals surface area (Å²) in [6.45, 7) is 25.7. The van der Waals surface area contributed by atoms with E-state index in [-0.39, 0.29) is 106 Å². The number of hydrogen-bond acceptors (Lipinski definition) is 24. The number of para-hydroxylation sites is 2.